The van der Waals surface area contributed by atoms with Crippen molar-refractivity contribution in [2.45, 2.75) is 25.3 Å². The van der Waals surface area contributed by atoms with Crippen molar-refractivity contribution in [3.05, 3.63) is 0 Å². The minimum atomic E-state index is -3.42. The van der Waals surface area contributed by atoms with Gasteiger partial charge in [-0.15, -0.1) is 0 Å². The van der Waals surface area contributed by atoms with Crippen LogP contribution in [-0.4, -0.2) is 51.2 Å². The van der Waals surface area contributed by atoms with Crippen LogP contribution in [0.5, 0.6) is 0 Å². The van der Waals surface area contributed by atoms with Gasteiger partial charge in [0.15, 0.2) is 0 Å². The lowest BCUT2D eigenvalue weighted by atomic mass is 10.1. The van der Waals surface area contributed by atoms with Crippen LogP contribution in [0.3, 0.4) is 0 Å². The lowest BCUT2D eigenvalue weighted by Gasteiger charge is -2.32. The third-order valence-electron chi connectivity index (χ3n) is 2.74. The zero-order valence-corrected chi connectivity index (χ0v) is 10.3. The molecule has 1 aliphatic rings. The van der Waals surface area contributed by atoms with Crippen molar-refractivity contribution < 1.29 is 13.2 Å². The molecule has 1 rings (SSSR count). The second-order valence-corrected chi connectivity index (χ2v) is 5.76. The highest BCUT2D eigenvalue weighted by Crippen LogP contribution is 2.11. The zero-order valence-electron chi connectivity index (χ0n) is 9.48. The minimum absolute atomic E-state index is 0.0585. The second kappa shape index (κ2) is 5.60. The molecule has 16 heavy (non-hydrogen) atoms. The lowest BCUT2D eigenvalue weighted by Crippen LogP contribution is -2.50. The van der Waals surface area contributed by atoms with E-state index in [-0.39, 0.29) is 17.7 Å². The Bertz CT molecular complexity index is 342. The summed E-state index contributed by atoms with van der Waals surface area (Å²) in [5, 5.41) is 7.85. The maximum absolute atomic E-state index is 11.8. The van der Waals surface area contributed by atoms with E-state index in [1.54, 1.807) is 11.9 Å². The number of nitrogens with zero attached hydrogens (tertiary/aromatic N) is 1. The molecule has 1 aliphatic heterocycles. The summed E-state index contributed by atoms with van der Waals surface area (Å²) >= 11 is 0. The molecular weight excluding hydrogens is 230 g/mol. The number of amides is 1. The minimum Gasteiger partial charge on any atom is -0.341 e. The number of likely N-dealkylation sites (tertiary alicyclic amines) is 1. The van der Waals surface area contributed by atoms with E-state index in [2.05, 4.69) is 5.32 Å². The van der Waals surface area contributed by atoms with Gasteiger partial charge in [-0.1, -0.05) is 0 Å². The van der Waals surface area contributed by atoms with E-state index >= 15 is 0 Å². The van der Waals surface area contributed by atoms with Crippen molar-refractivity contribution in [2.24, 2.45) is 5.14 Å². The number of carbonyl (C=O) groups is 1. The molecule has 1 amide bonds. The molecule has 1 saturated heterocycles. The quantitative estimate of drug-likeness (QED) is 0.645. The van der Waals surface area contributed by atoms with E-state index in [0.29, 0.717) is 19.5 Å². The van der Waals surface area contributed by atoms with Crippen LogP contribution in [0.15, 0.2) is 0 Å². The van der Waals surface area contributed by atoms with Gasteiger partial charge in [0.1, 0.15) is 0 Å². The van der Waals surface area contributed by atoms with E-state index in [1.807, 2.05) is 0 Å². The van der Waals surface area contributed by atoms with Crippen LogP contribution < -0.4 is 10.5 Å². The third-order valence-corrected chi connectivity index (χ3v) is 3.59. The number of nitrogens with two attached hydrogens (primary N) is 1. The van der Waals surface area contributed by atoms with Gasteiger partial charge in [0, 0.05) is 13.1 Å². The average Bonchev–Trinajstić information content (AvgIpc) is 2.19. The Morgan fingerprint density at radius 3 is 2.81 bits per heavy atom. The van der Waals surface area contributed by atoms with Crippen molar-refractivity contribution in [3.63, 3.8) is 0 Å². The van der Waals surface area contributed by atoms with Crippen molar-refractivity contribution in [1.29, 1.82) is 0 Å². The molecule has 6 nitrogen and oxygen atoms in total. The van der Waals surface area contributed by atoms with Crippen LogP contribution >= 0.6 is 0 Å². The van der Waals surface area contributed by atoms with Gasteiger partial charge in [-0.2, -0.15) is 0 Å². The Morgan fingerprint density at radius 1 is 1.56 bits per heavy atom. The average molecular weight is 249 g/mol. The maximum atomic E-state index is 11.8. The number of sulfonamides is 1. The molecule has 1 heterocycles. The summed E-state index contributed by atoms with van der Waals surface area (Å²) in [6.07, 6.45) is 2.20. The van der Waals surface area contributed by atoms with Gasteiger partial charge in [-0.3, -0.25) is 4.79 Å². The fourth-order valence-corrected chi connectivity index (χ4v) is 2.42. The first-order chi connectivity index (χ1) is 7.44. The van der Waals surface area contributed by atoms with Gasteiger partial charge in [-0.05, 0) is 26.3 Å². The first kappa shape index (κ1) is 13.4. The second-order valence-electron chi connectivity index (χ2n) is 4.03. The van der Waals surface area contributed by atoms with Gasteiger partial charge in [-0.25, -0.2) is 13.6 Å². The summed E-state index contributed by atoms with van der Waals surface area (Å²) in [4.78, 5) is 13.5. The number of rotatable bonds is 5. The van der Waals surface area contributed by atoms with Gasteiger partial charge in [0.25, 0.3) is 0 Å². The van der Waals surface area contributed by atoms with Crippen LogP contribution in [0.25, 0.3) is 0 Å². The molecule has 7 heteroatoms. The summed E-state index contributed by atoms with van der Waals surface area (Å²) in [6, 6.07) is -0.122. The highest BCUT2D eigenvalue weighted by Gasteiger charge is 2.26. The molecule has 94 valence electrons. The molecule has 1 fully saturated rings. The Hall–Kier alpha value is -0.660. The van der Waals surface area contributed by atoms with E-state index in [0.717, 1.165) is 12.8 Å². The number of primary sulfonamides is 1. The Balaban J connectivity index is 2.39. The smallest absolute Gasteiger partial charge is 0.239 e. The number of likely N-dealkylation sites (N-methyl/N-ethyl adjacent to an activating group) is 1. The van der Waals surface area contributed by atoms with E-state index in [4.69, 9.17) is 5.14 Å². The number of piperidine rings is 1. The normalized spacial score (nSPS) is 22.5. The van der Waals surface area contributed by atoms with E-state index in [1.165, 1.54) is 0 Å². The standard InChI is InChI=1S/C9H19N3O3S/c1-11-8-4-2-5-12(9(8)13)6-3-7-16(10,14)15/h8,11H,2-7H2,1H3,(H2,10,14,15). The van der Waals surface area contributed by atoms with Crippen molar-refractivity contribution in [2.75, 3.05) is 25.9 Å². The number of hydrogen-bond acceptors (Lipinski definition) is 4. The van der Waals surface area contributed by atoms with Crippen LogP contribution in [0, 0.1) is 0 Å². The SMILES string of the molecule is CNC1CCCN(CCCS(N)(=O)=O)C1=O. The Kier molecular flexibility index (Phi) is 4.69. The molecule has 0 aromatic carbocycles. The zero-order chi connectivity index (χ0) is 12.2. The first-order valence-electron chi connectivity index (χ1n) is 5.40. The van der Waals surface area contributed by atoms with Crippen LogP contribution in [0.4, 0.5) is 0 Å². The fourth-order valence-electron chi connectivity index (χ4n) is 1.89. The first-order valence-corrected chi connectivity index (χ1v) is 7.12. The molecular formula is C9H19N3O3S. The van der Waals surface area contributed by atoms with Gasteiger partial charge >= 0.3 is 0 Å². The molecule has 0 aliphatic carbocycles. The molecule has 0 aromatic rings. The Morgan fingerprint density at radius 2 is 2.25 bits per heavy atom. The van der Waals surface area contributed by atoms with Crippen molar-refractivity contribution in [3.8, 4) is 0 Å². The van der Waals surface area contributed by atoms with Crippen LogP contribution in [0.1, 0.15) is 19.3 Å². The van der Waals surface area contributed by atoms with E-state index < -0.39 is 10.0 Å². The van der Waals surface area contributed by atoms with Crippen molar-refractivity contribution in [1.82, 2.24) is 10.2 Å². The molecule has 3 N–H and O–H groups in total. The molecule has 0 radical (unpaired) electrons. The lowest BCUT2D eigenvalue weighted by molar-refractivity contribution is -0.135. The molecule has 0 spiro atoms. The summed E-state index contributed by atoms with van der Waals surface area (Å²) in [6.45, 7) is 1.18. The number of hydrogen-bond donors (Lipinski definition) is 2. The topological polar surface area (TPSA) is 92.5 Å². The van der Waals surface area contributed by atoms with E-state index in [9.17, 15) is 13.2 Å². The third kappa shape index (κ3) is 4.07. The van der Waals surface area contributed by atoms with Crippen molar-refractivity contribution >= 4 is 15.9 Å². The summed E-state index contributed by atoms with van der Waals surface area (Å²) in [7, 11) is -1.65. The van der Waals surface area contributed by atoms with Gasteiger partial charge in [0.2, 0.25) is 15.9 Å². The van der Waals surface area contributed by atoms with Crippen LogP contribution in [0.2, 0.25) is 0 Å². The number of nitrogens with one attached hydrogen (secondary N) is 1. The predicted octanol–water partition coefficient (Wildman–Crippen LogP) is -1.12. The number of carbonyl (C=O) groups excluding carboxylic acids is 1. The summed E-state index contributed by atoms with van der Waals surface area (Å²) in [5.74, 6) is -0.00996. The monoisotopic (exact) mass is 249 g/mol. The highest BCUT2D eigenvalue weighted by atomic mass is 32.2. The molecule has 0 aromatic heterocycles. The van der Waals surface area contributed by atoms with Crippen LogP contribution in [-0.2, 0) is 14.8 Å². The van der Waals surface area contributed by atoms with Gasteiger partial charge in [0.05, 0.1) is 11.8 Å². The molecule has 0 saturated carbocycles. The summed E-state index contributed by atoms with van der Waals surface area (Å²) < 4.78 is 21.5. The Labute approximate surface area is 96.2 Å². The molecule has 0 bridgehead atoms. The summed E-state index contributed by atoms with van der Waals surface area (Å²) in [5.41, 5.74) is 0. The molecule has 1 unspecified atom stereocenters. The van der Waals surface area contributed by atoms with Gasteiger partial charge < -0.3 is 10.2 Å². The predicted molar refractivity (Wildman–Crippen MR) is 61.3 cm³/mol. The maximum Gasteiger partial charge on any atom is 0.239 e. The highest BCUT2D eigenvalue weighted by molar-refractivity contribution is 7.89. The largest absolute Gasteiger partial charge is 0.341 e. The molecule has 1 atom stereocenters. The fraction of sp³-hybridized carbons (Fsp3) is 0.889.